The molecule has 5 heteroatoms. The van der Waals surface area contributed by atoms with Crippen LogP contribution < -0.4 is 5.32 Å². The van der Waals surface area contributed by atoms with Gasteiger partial charge in [-0.1, -0.05) is 13.8 Å². The first-order valence-electron chi connectivity index (χ1n) is 6.87. The summed E-state index contributed by atoms with van der Waals surface area (Å²) in [4.78, 5) is 14.3. The second kappa shape index (κ2) is 9.07. The molecule has 1 heterocycles. The van der Waals surface area contributed by atoms with Crippen molar-refractivity contribution in [3.8, 4) is 0 Å². The third kappa shape index (κ3) is 5.30. The van der Waals surface area contributed by atoms with Gasteiger partial charge >= 0.3 is 5.97 Å². The summed E-state index contributed by atoms with van der Waals surface area (Å²) < 4.78 is 5.13. The normalized spacial score (nSPS) is 12.6. The van der Waals surface area contributed by atoms with Gasteiger partial charge in [0.05, 0.1) is 6.61 Å². The summed E-state index contributed by atoms with van der Waals surface area (Å²) in [7, 11) is 0. The fourth-order valence-corrected chi connectivity index (χ4v) is 2.60. The molecule has 0 saturated carbocycles. The Labute approximate surface area is 119 Å². The summed E-state index contributed by atoms with van der Waals surface area (Å²) in [5.41, 5.74) is 0.989. The van der Waals surface area contributed by atoms with Crippen molar-refractivity contribution < 1.29 is 9.53 Å². The van der Waals surface area contributed by atoms with Crippen molar-refractivity contribution in [2.45, 2.75) is 26.8 Å². The van der Waals surface area contributed by atoms with E-state index in [1.807, 2.05) is 23.8 Å². The Morgan fingerprint density at radius 2 is 2.16 bits per heavy atom. The fourth-order valence-electron chi connectivity index (χ4n) is 1.91. The summed E-state index contributed by atoms with van der Waals surface area (Å²) in [6.07, 6.45) is 0. The fraction of sp³-hybridized carbons (Fsp3) is 0.643. The minimum Gasteiger partial charge on any atom is -0.465 e. The summed E-state index contributed by atoms with van der Waals surface area (Å²) in [6.45, 7) is 10.3. The van der Waals surface area contributed by atoms with E-state index < -0.39 is 0 Å². The minimum atomic E-state index is -0.346. The lowest BCUT2D eigenvalue weighted by Gasteiger charge is -2.21. The third-order valence-electron chi connectivity index (χ3n) is 3.07. The molecule has 4 nitrogen and oxygen atoms in total. The molecule has 1 rings (SSSR count). The molecule has 0 amide bonds. The lowest BCUT2D eigenvalue weighted by molar-refractivity contribution is -0.145. The second-order valence-electron chi connectivity index (χ2n) is 4.22. The van der Waals surface area contributed by atoms with Gasteiger partial charge in [-0.15, -0.1) is 0 Å². The number of ether oxygens (including phenoxy) is 1. The molecule has 1 aromatic heterocycles. The molecule has 0 spiro atoms. The van der Waals surface area contributed by atoms with Gasteiger partial charge in [0, 0.05) is 13.1 Å². The zero-order valence-corrected chi connectivity index (χ0v) is 12.8. The number of carbonyl (C=O) groups excluding carboxylic acids is 1. The smallest absolute Gasteiger partial charge is 0.327 e. The average molecular weight is 284 g/mol. The molecule has 1 aromatic rings. The number of nitrogens with zero attached hydrogens (tertiary/aromatic N) is 1. The molecule has 0 fully saturated rings. The molecule has 0 radical (unpaired) electrons. The molecule has 1 N–H and O–H groups in total. The van der Waals surface area contributed by atoms with E-state index in [1.165, 1.54) is 0 Å². The Kier molecular flexibility index (Phi) is 7.70. The Morgan fingerprint density at radius 3 is 2.68 bits per heavy atom. The number of carbonyl (C=O) groups is 1. The van der Waals surface area contributed by atoms with E-state index in [9.17, 15) is 4.79 Å². The highest BCUT2D eigenvalue weighted by Gasteiger charge is 2.21. The molecule has 0 saturated heterocycles. The molecule has 0 aliphatic heterocycles. The lowest BCUT2D eigenvalue weighted by Crippen LogP contribution is -2.36. The summed E-state index contributed by atoms with van der Waals surface area (Å²) in [5.74, 6) is -0.194. The second-order valence-corrected chi connectivity index (χ2v) is 5.00. The van der Waals surface area contributed by atoms with Crippen LogP contribution in [0.4, 0.5) is 0 Å². The number of hydrogen-bond acceptors (Lipinski definition) is 5. The van der Waals surface area contributed by atoms with E-state index >= 15 is 0 Å². The van der Waals surface area contributed by atoms with Gasteiger partial charge in [-0.25, -0.2) is 4.79 Å². The van der Waals surface area contributed by atoms with Gasteiger partial charge in [0.1, 0.15) is 6.04 Å². The number of likely N-dealkylation sites (N-methyl/N-ethyl adjacent to an activating group) is 1. The van der Waals surface area contributed by atoms with E-state index in [1.54, 1.807) is 11.3 Å². The first-order valence-corrected chi connectivity index (χ1v) is 7.81. The monoisotopic (exact) mass is 284 g/mol. The van der Waals surface area contributed by atoms with Crippen molar-refractivity contribution in [2.75, 3.05) is 32.8 Å². The SMILES string of the molecule is CCOC(=O)C(NCCN(CC)CC)c1ccsc1. The van der Waals surface area contributed by atoms with E-state index in [0.717, 1.165) is 31.7 Å². The predicted molar refractivity (Wildman–Crippen MR) is 79.5 cm³/mol. The minimum absolute atomic E-state index is 0.194. The van der Waals surface area contributed by atoms with Crippen LogP contribution >= 0.6 is 11.3 Å². The van der Waals surface area contributed by atoms with E-state index in [0.29, 0.717) is 6.61 Å². The Balaban J connectivity index is 2.53. The lowest BCUT2D eigenvalue weighted by atomic mass is 10.1. The van der Waals surface area contributed by atoms with Gasteiger partial charge in [-0.05, 0) is 42.4 Å². The largest absolute Gasteiger partial charge is 0.465 e. The molecule has 108 valence electrons. The third-order valence-corrected chi connectivity index (χ3v) is 3.77. The zero-order valence-electron chi connectivity index (χ0n) is 12.0. The molecule has 0 aromatic carbocycles. The highest BCUT2D eigenvalue weighted by atomic mass is 32.1. The molecular formula is C14H24N2O2S. The van der Waals surface area contributed by atoms with Gasteiger partial charge in [-0.2, -0.15) is 11.3 Å². The van der Waals surface area contributed by atoms with E-state index in [4.69, 9.17) is 4.74 Å². The van der Waals surface area contributed by atoms with Crippen molar-refractivity contribution >= 4 is 17.3 Å². The van der Waals surface area contributed by atoms with Gasteiger partial charge in [0.2, 0.25) is 0 Å². The Hall–Kier alpha value is -0.910. The molecule has 1 unspecified atom stereocenters. The number of esters is 1. The standard InChI is InChI=1S/C14H24N2O2S/c1-4-16(5-2)9-8-15-13(14(17)18-6-3)12-7-10-19-11-12/h7,10-11,13,15H,4-6,8-9H2,1-3H3. The van der Waals surface area contributed by atoms with Crippen molar-refractivity contribution in [3.05, 3.63) is 22.4 Å². The van der Waals surface area contributed by atoms with Gasteiger partial charge in [-0.3, -0.25) is 5.32 Å². The number of hydrogen-bond donors (Lipinski definition) is 1. The highest BCUT2D eigenvalue weighted by molar-refractivity contribution is 7.08. The summed E-state index contributed by atoms with van der Waals surface area (Å²) >= 11 is 1.59. The molecular weight excluding hydrogens is 260 g/mol. The van der Waals surface area contributed by atoms with Crippen LogP contribution in [-0.2, 0) is 9.53 Å². The van der Waals surface area contributed by atoms with Crippen molar-refractivity contribution in [1.82, 2.24) is 10.2 Å². The average Bonchev–Trinajstić information content (AvgIpc) is 2.93. The van der Waals surface area contributed by atoms with E-state index in [-0.39, 0.29) is 12.0 Å². The quantitative estimate of drug-likeness (QED) is 0.706. The first kappa shape index (κ1) is 16.1. The maximum absolute atomic E-state index is 12.0. The zero-order chi connectivity index (χ0) is 14.1. The maximum atomic E-state index is 12.0. The van der Waals surface area contributed by atoms with Crippen LogP contribution in [-0.4, -0.2) is 43.7 Å². The van der Waals surface area contributed by atoms with Crippen LogP contribution in [0.3, 0.4) is 0 Å². The van der Waals surface area contributed by atoms with Crippen LogP contribution in [0.25, 0.3) is 0 Å². The number of thiophene rings is 1. The molecule has 1 atom stereocenters. The van der Waals surface area contributed by atoms with Crippen molar-refractivity contribution in [3.63, 3.8) is 0 Å². The van der Waals surface area contributed by atoms with Crippen LogP contribution in [0.1, 0.15) is 32.4 Å². The highest BCUT2D eigenvalue weighted by Crippen LogP contribution is 2.17. The summed E-state index contributed by atoms with van der Waals surface area (Å²) in [5, 5.41) is 7.27. The van der Waals surface area contributed by atoms with Gasteiger partial charge in [0.15, 0.2) is 0 Å². The molecule has 0 aliphatic rings. The number of nitrogens with one attached hydrogen (secondary N) is 1. The van der Waals surface area contributed by atoms with Crippen LogP contribution in [0, 0.1) is 0 Å². The Bertz CT molecular complexity index is 350. The van der Waals surface area contributed by atoms with Crippen LogP contribution in [0.15, 0.2) is 16.8 Å². The maximum Gasteiger partial charge on any atom is 0.327 e. The number of rotatable bonds is 9. The van der Waals surface area contributed by atoms with Gasteiger partial charge in [0.25, 0.3) is 0 Å². The first-order chi connectivity index (χ1) is 9.22. The molecule has 19 heavy (non-hydrogen) atoms. The molecule has 0 aliphatic carbocycles. The van der Waals surface area contributed by atoms with Crippen molar-refractivity contribution in [1.29, 1.82) is 0 Å². The molecule has 0 bridgehead atoms. The van der Waals surface area contributed by atoms with Crippen LogP contribution in [0.5, 0.6) is 0 Å². The van der Waals surface area contributed by atoms with Crippen molar-refractivity contribution in [2.24, 2.45) is 0 Å². The van der Waals surface area contributed by atoms with E-state index in [2.05, 4.69) is 24.1 Å². The van der Waals surface area contributed by atoms with Gasteiger partial charge < -0.3 is 9.64 Å². The summed E-state index contributed by atoms with van der Waals surface area (Å²) in [6, 6.07) is 1.62. The van der Waals surface area contributed by atoms with Crippen LogP contribution in [0.2, 0.25) is 0 Å². The Morgan fingerprint density at radius 1 is 1.42 bits per heavy atom. The topological polar surface area (TPSA) is 41.6 Å². The predicted octanol–water partition coefficient (Wildman–Crippen LogP) is 2.28.